The largest absolute Gasteiger partial charge is 0.466 e. The van der Waals surface area contributed by atoms with Gasteiger partial charge in [0, 0.05) is 12.8 Å². The Labute approximate surface area is 179 Å². The molecule has 0 unspecified atom stereocenters. The maximum absolute atomic E-state index is 11.8. The van der Waals surface area contributed by atoms with Crippen molar-refractivity contribution in [3.05, 3.63) is 0 Å². The van der Waals surface area contributed by atoms with Crippen LogP contribution in [-0.2, 0) is 19.1 Å². The molecule has 1 saturated carbocycles. The first-order chi connectivity index (χ1) is 14.2. The van der Waals surface area contributed by atoms with Crippen LogP contribution in [-0.4, -0.2) is 25.2 Å². The third-order valence-electron chi connectivity index (χ3n) is 5.98. The Balaban J connectivity index is 1.81. The molecule has 4 nitrogen and oxygen atoms in total. The first-order valence-corrected chi connectivity index (χ1v) is 12.5. The van der Waals surface area contributed by atoms with E-state index in [2.05, 4.69) is 6.92 Å². The highest BCUT2D eigenvalue weighted by molar-refractivity contribution is 5.70. The van der Waals surface area contributed by atoms with E-state index < -0.39 is 0 Å². The van der Waals surface area contributed by atoms with Crippen LogP contribution in [0.25, 0.3) is 0 Å². The lowest BCUT2D eigenvalue weighted by Gasteiger charge is -2.20. The summed E-state index contributed by atoms with van der Waals surface area (Å²) in [5, 5.41) is 0. The van der Waals surface area contributed by atoms with Crippen molar-refractivity contribution in [2.24, 2.45) is 5.92 Å². The zero-order valence-corrected chi connectivity index (χ0v) is 19.1. The standard InChI is InChI=1S/C25H46O4/c1-2-3-4-5-6-7-8-9-10-16-21-28-24(26)19-14-15-20-25(27)29-22-23-17-12-11-13-18-23/h23H,2-22H2,1H3. The summed E-state index contributed by atoms with van der Waals surface area (Å²) >= 11 is 0. The maximum Gasteiger partial charge on any atom is 0.305 e. The van der Waals surface area contributed by atoms with Gasteiger partial charge in [-0.3, -0.25) is 9.59 Å². The summed E-state index contributed by atoms with van der Waals surface area (Å²) in [6, 6.07) is 0. The van der Waals surface area contributed by atoms with Crippen LogP contribution in [0.4, 0.5) is 0 Å². The van der Waals surface area contributed by atoms with Gasteiger partial charge < -0.3 is 9.47 Å². The van der Waals surface area contributed by atoms with Crippen LogP contribution in [0.15, 0.2) is 0 Å². The highest BCUT2D eigenvalue weighted by atomic mass is 16.5. The molecule has 0 saturated heterocycles. The molecule has 0 spiro atoms. The minimum Gasteiger partial charge on any atom is -0.466 e. The van der Waals surface area contributed by atoms with E-state index in [-0.39, 0.29) is 11.9 Å². The fourth-order valence-corrected chi connectivity index (χ4v) is 4.02. The molecule has 29 heavy (non-hydrogen) atoms. The first kappa shape index (κ1) is 26.0. The number of unbranched alkanes of at least 4 members (excludes halogenated alkanes) is 10. The average molecular weight is 411 g/mol. The van der Waals surface area contributed by atoms with E-state index in [1.165, 1.54) is 83.5 Å². The van der Waals surface area contributed by atoms with Gasteiger partial charge in [0.05, 0.1) is 13.2 Å². The van der Waals surface area contributed by atoms with Crippen molar-refractivity contribution in [1.82, 2.24) is 0 Å². The molecular formula is C25H46O4. The molecule has 1 aliphatic carbocycles. The lowest BCUT2D eigenvalue weighted by molar-refractivity contribution is -0.147. The quantitative estimate of drug-likeness (QED) is 0.178. The molecular weight excluding hydrogens is 364 g/mol. The third-order valence-corrected chi connectivity index (χ3v) is 5.98. The summed E-state index contributed by atoms with van der Waals surface area (Å²) in [5.41, 5.74) is 0. The van der Waals surface area contributed by atoms with Gasteiger partial charge >= 0.3 is 11.9 Å². The average Bonchev–Trinajstić information content (AvgIpc) is 2.74. The molecule has 0 heterocycles. The summed E-state index contributed by atoms with van der Waals surface area (Å²) < 4.78 is 10.7. The second-order valence-corrected chi connectivity index (χ2v) is 8.80. The zero-order valence-electron chi connectivity index (χ0n) is 19.1. The van der Waals surface area contributed by atoms with E-state index in [4.69, 9.17) is 9.47 Å². The molecule has 0 radical (unpaired) electrons. The van der Waals surface area contributed by atoms with E-state index >= 15 is 0 Å². The Hall–Kier alpha value is -1.06. The molecule has 0 aromatic carbocycles. The summed E-state index contributed by atoms with van der Waals surface area (Å²) in [6.45, 7) is 3.38. The van der Waals surface area contributed by atoms with Crippen molar-refractivity contribution in [2.75, 3.05) is 13.2 Å². The number of carbonyl (C=O) groups excluding carboxylic acids is 2. The number of hydrogen-bond donors (Lipinski definition) is 0. The van der Waals surface area contributed by atoms with Crippen LogP contribution in [0.1, 0.15) is 129 Å². The molecule has 1 rings (SSSR count). The van der Waals surface area contributed by atoms with Crippen molar-refractivity contribution in [3.63, 3.8) is 0 Å². The van der Waals surface area contributed by atoms with Crippen molar-refractivity contribution in [1.29, 1.82) is 0 Å². The van der Waals surface area contributed by atoms with Gasteiger partial charge in [-0.15, -0.1) is 0 Å². The molecule has 0 aromatic rings. The fourth-order valence-electron chi connectivity index (χ4n) is 4.02. The minimum absolute atomic E-state index is 0.116. The van der Waals surface area contributed by atoms with Crippen LogP contribution in [0.2, 0.25) is 0 Å². The lowest BCUT2D eigenvalue weighted by Crippen LogP contribution is -2.16. The highest BCUT2D eigenvalue weighted by Gasteiger charge is 2.15. The summed E-state index contributed by atoms with van der Waals surface area (Å²) in [4.78, 5) is 23.5. The monoisotopic (exact) mass is 410 g/mol. The Morgan fingerprint density at radius 1 is 0.655 bits per heavy atom. The van der Waals surface area contributed by atoms with Crippen molar-refractivity contribution in [2.45, 2.75) is 129 Å². The van der Waals surface area contributed by atoms with Gasteiger partial charge in [0.15, 0.2) is 0 Å². The first-order valence-electron chi connectivity index (χ1n) is 12.5. The van der Waals surface area contributed by atoms with Crippen molar-refractivity contribution >= 4 is 11.9 Å². The predicted octanol–water partition coefficient (Wildman–Crippen LogP) is 7.13. The summed E-state index contributed by atoms with van der Waals surface area (Å²) in [5.74, 6) is 0.319. The molecule has 0 atom stereocenters. The fraction of sp³-hybridized carbons (Fsp3) is 0.920. The molecule has 0 aliphatic heterocycles. The Kier molecular flexibility index (Phi) is 17.0. The Morgan fingerprint density at radius 2 is 1.17 bits per heavy atom. The molecule has 170 valence electrons. The lowest BCUT2D eigenvalue weighted by atomic mass is 9.90. The second-order valence-electron chi connectivity index (χ2n) is 8.80. The number of rotatable bonds is 18. The molecule has 4 heteroatoms. The van der Waals surface area contributed by atoms with Gasteiger partial charge in [0.25, 0.3) is 0 Å². The summed E-state index contributed by atoms with van der Waals surface area (Å²) in [6.07, 6.45) is 21.3. The van der Waals surface area contributed by atoms with Crippen LogP contribution >= 0.6 is 0 Å². The zero-order chi connectivity index (χ0) is 21.0. The van der Waals surface area contributed by atoms with Gasteiger partial charge in [-0.05, 0) is 38.0 Å². The minimum atomic E-state index is -0.128. The van der Waals surface area contributed by atoms with E-state index in [0.717, 1.165) is 12.8 Å². The highest BCUT2D eigenvalue weighted by Crippen LogP contribution is 2.23. The predicted molar refractivity (Wildman–Crippen MR) is 119 cm³/mol. The van der Waals surface area contributed by atoms with Crippen LogP contribution in [0, 0.1) is 5.92 Å². The number of carbonyl (C=O) groups is 2. The normalized spacial score (nSPS) is 14.7. The van der Waals surface area contributed by atoms with E-state index in [9.17, 15) is 9.59 Å². The Morgan fingerprint density at radius 3 is 1.76 bits per heavy atom. The van der Waals surface area contributed by atoms with E-state index in [1.807, 2.05) is 0 Å². The Bertz CT molecular complexity index is 402. The van der Waals surface area contributed by atoms with Crippen molar-refractivity contribution in [3.8, 4) is 0 Å². The van der Waals surface area contributed by atoms with Gasteiger partial charge in [0.2, 0.25) is 0 Å². The van der Waals surface area contributed by atoms with Gasteiger partial charge in [0.1, 0.15) is 0 Å². The molecule has 0 amide bonds. The molecule has 0 N–H and O–H groups in total. The number of esters is 2. The number of ether oxygens (including phenoxy) is 2. The third kappa shape index (κ3) is 16.4. The van der Waals surface area contributed by atoms with Crippen LogP contribution < -0.4 is 0 Å². The van der Waals surface area contributed by atoms with Crippen LogP contribution in [0.5, 0.6) is 0 Å². The van der Waals surface area contributed by atoms with E-state index in [1.54, 1.807) is 0 Å². The molecule has 0 bridgehead atoms. The van der Waals surface area contributed by atoms with E-state index in [0.29, 0.717) is 44.8 Å². The van der Waals surface area contributed by atoms with Crippen LogP contribution in [0.3, 0.4) is 0 Å². The maximum atomic E-state index is 11.8. The number of hydrogen-bond acceptors (Lipinski definition) is 4. The van der Waals surface area contributed by atoms with Gasteiger partial charge in [-0.1, -0.05) is 84.0 Å². The molecule has 1 aliphatic rings. The van der Waals surface area contributed by atoms with Gasteiger partial charge in [-0.25, -0.2) is 0 Å². The topological polar surface area (TPSA) is 52.6 Å². The smallest absolute Gasteiger partial charge is 0.305 e. The molecule has 1 fully saturated rings. The van der Waals surface area contributed by atoms with Crippen molar-refractivity contribution < 1.29 is 19.1 Å². The van der Waals surface area contributed by atoms with Gasteiger partial charge in [-0.2, -0.15) is 0 Å². The molecule has 0 aromatic heterocycles. The second kappa shape index (κ2) is 18.9. The summed E-state index contributed by atoms with van der Waals surface area (Å²) in [7, 11) is 0. The SMILES string of the molecule is CCCCCCCCCCCCOC(=O)CCCCC(=O)OCC1CCCCC1.